The largest absolute Gasteiger partial charge is 1.00 e. The Bertz CT molecular complexity index is 1250. The van der Waals surface area contributed by atoms with Crippen LogP contribution in [0.5, 0.6) is 0 Å². The zero-order chi connectivity index (χ0) is 68.5. The van der Waals surface area contributed by atoms with Gasteiger partial charge in [0.25, 0.3) is 0 Å². The van der Waals surface area contributed by atoms with Crippen molar-refractivity contribution in [1.82, 2.24) is 0 Å². The van der Waals surface area contributed by atoms with Crippen LogP contribution in [0.25, 0.3) is 0 Å². The molecule has 0 aromatic carbocycles. The minimum atomic E-state index is -0.750. The van der Waals surface area contributed by atoms with Crippen LogP contribution in [0.15, 0.2) is 33.2 Å². The van der Waals surface area contributed by atoms with Crippen LogP contribution in [0.4, 0.5) is 0 Å². The molecule has 0 bridgehead atoms. The van der Waals surface area contributed by atoms with E-state index >= 15 is 0 Å². The first-order chi connectivity index (χ1) is 39.0. The van der Waals surface area contributed by atoms with E-state index in [2.05, 4.69) is 181 Å². The normalized spacial score (nSPS) is 10.4. The summed E-state index contributed by atoms with van der Waals surface area (Å²) >= 11 is 30.0. The molecule has 0 aromatic heterocycles. The SMILES string of the molecule is C#CCCCCO.C#CCCCCO.C#CCCCO.C=C(Br)CCCCO.C=C(Br)CCCCO.C=C(Br)CCCO.CC(C)(C)[O-].CC(C)(C)[O-].CC(C)(C)[O-].OCCCC(Br)CBr.OCCCCC(Br)CBr.OCCCCC(Br)CBr.[K+].[K+].[K+]. The molecule has 0 aliphatic rings. The maximum atomic E-state index is 10.1. The van der Waals surface area contributed by atoms with Crippen molar-refractivity contribution in [3.05, 3.63) is 33.2 Å². The zero-order valence-electron chi connectivity index (χ0n) is 56.2. The summed E-state index contributed by atoms with van der Waals surface area (Å²) in [4.78, 5) is 1.67. The van der Waals surface area contributed by atoms with Gasteiger partial charge < -0.3 is 61.3 Å². The third kappa shape index (κ3) is 285. The Morgan fingerprint density at radius 1 is 0.345 bits per heavy atom. The van der Waals surface area contributed by atoms with E-state index in [1.807, 2.05) is 0 Å². The van der Waals surface area contributed by atoms with Gasteiger partial charge in [0, 0.05) is 109 Å². The molecule has 0 aliphatic heterocycles. The Labute approximate surface area is 738 Å². The number of rotatable bonds is 33. The molecule has 24 heteroatoms. The van der Waals surface area contributed by atoms with E-state index in [-0.39, 0.29) is 181 Å². The van der Waals surface area contributed by atoms with Crippen molar-refractivity contribution in [3.8, 4) is 37.0 Å². The first kappa shape index (κ1) is 130. The van der Waals surface area contributed by atoms with Gasteiger partial charge in [0.15, 0.2) is 0 Å². The summed E-state index contributed by atoms with van der Waals surface area (Å²) in [6.07, 6.45) is 37.0. The molecule has 0 spiro atoms. The number of terminal acetylenes is 3. The van der Waals surface area contributed by atoms with Crippen molar-refractivity contribution in [2.24, 2.45) is 0 Å². The Morgan fingerprint density at radius 2 is 0.517 bits per heavy atom. The number of alkyl halides is 6. The summed E-state index contributed by atoms with van der Waals surface area (Å²) in [6, 6.07) is 0. The van der Waals surface area contributed by atoms with Gasteiger partial charge in [-0.05, 0) is 135 Å². The first-order valence-corrected chi connectivity index (χ1v) is 37.0. The average Bonchev–Trinajstić information content (AvgIpc) is 3.39. The Morgan fingerprint density at radius 3 is 0.678 bits per heavy atom. The van der Waals surface area contributed by atoms with Gasteiger partial charge in [0.2, 0.25) is 0 Å². The van der Waals surface area contributed by atoms with Gasteiger partial charge in [-0.15, -0.1) is 53.8 Å². The van der Waals surface area contributed by atoms with Crippen molar-refractivity contribution in [2.75, 3.05) is 75.5 Å². The maximum absolute atomic E-state index is 10.1. The zero-order valence-corrected chi connectivity index (χ0v) is 79.8. The number of aliphatic hydroxyl groups is 9. The Hall–Kier alpha value is 6.65. The fraction of sp³-hybridized carbons (Fsp3) is 0.810. The van der Waals surface area contributed by atoms with Crippen LogP contribution in [0, 0.1) is 37.0 Å². The molecule has 3 unspecified atom stereocenters. The van der Waals surface area contributed by atoms with Gasteiger partial charge in [0.05, 0.1) is 0 Å². The standard InChI is InChI=1S/2C6H12Br2O.2C6H11BrO.2C6H10O.C5H10Br2O.C5H9BrO.C5H8O.3C4H9O.3K/c2*7-5-6(8)3-1-2-4-9;2*1-6(7)4-2-3-5-8;2*1-2-3-4-5-6-7;6-4-5(7)2-1-3-8;1-5(6)3-2-4-7;1-2-3-4-5-6;3*1-4(2,3)5;;;/h2*6,9H,1-5H2;2*8H,1-5H2;2*1,7H,3-6H2;5,8H,1-4H2;7H,1-4H2;1,6H,3-5H2;3*1-3H3;;;/q;;;;;;;;;3*-1;3*+1. The van der Waals surface area contributed by atoms with Crippen molar-refractivity contribution in [1.29, 1.82) is 0 Å². The second kappa shape index (κ2) is 117. The third-order valence-corrected chi connectivity index (χ3v) is 15.8. The molecule has 12 nitrogen and oxygen atoms in total. The van der Waals surface area contributed by atoms with Crippen LogP contribution < -0.4 is 169 Å². The summed E-state index contributed by atoms with van der Waals surface area (Å²) < 4.78 is 3.00. The van der Waals surface area contributed by atoms with Crippen molar-refractivity contribution >= 4 is 143 Å². The van der Waals surface area contributed by atoms with Crippen LogP contribution in [0.1, 0.15) is 216 Å². The summed E-state index contributed by atoms with van der Waals surface area (Å²) in [5.74, 6) is 7.39. The molecule has 0 rings (SSSR count). The van der Waals surface area contributed by atoms with Gasteiger partial charge in [-0.3, -0.25) is 0 Å². The van der Waals surface area contributed by atoms with Gasteiger partial charge >= 0.3 is 154 Å². The van der Waals surface area contributed by atoms with E-state index in [0.29, 0.717) is 53.9 Å². The molecule has 0 saturated carbocycles. The second-order valence-corrected chi connectivity index (χ2v) is 29.6. The van der Waals surface area contributed by atoms with E-state index < -0.39 is 16.8 Å². The van der Waals surface area contributed by atoms with E-state index in [4.69, 9.17) is 65.2 Å². The third-order valence-electron chi connectivity index (χ3n) is 7.28. The van der Waals surface area contributed by atoms with Crippen LogP contribution in [-0.2, 0) is 0 Å². The summed E-state index contributed by atoms with van der Waals surface area (Å²) in [7, 11) is 0. The molecule has 87 heavy (non-hydrogen) atoms. The van der Waals surface area contributed by atoms with Crippen molar-refractivity contribution in [3.63, 3.8) is 0 Å². The number of hydrogen-bond acceptors (Lipinski definition) is 12. The summed E-state index contributed by atoms with van der Waals surface area (Å²) in [5, 5.41) is 108. The van der Waals surface area contributed by atoms with E-state index in [0.717, 1.165) is 177 Å². The Balaban J connectivity index is -0.0000000501. The van der Waals surface area contributed by atoms with Crippen LogP contribution in [-0.4, -0.2) is 153 Å². The molecule has 9 N–H and O–H groups in total. The molecule has 0 amide bonds. The number of hydrogen-bond donors (Lipinski definition) is 9. The maximum Gasteiger partial charge on any atom is 1.00 e. The molecule has 3 atom stereocenters. The van der Waals surface area contributed by atoms with Crippen LogP contribution >= 0.6 is 143 Å². The molecular formula is C63H120Br9K3O12. The molecular weight excluding hydrogens is 1790 g/mol. The molecule has 0 saturated heterocycles. The van der Waals surface area contributed by atoms with Gasteiger partial charge in [-0.2, -0.15) is 0 Å². The van der Waals surface area contributed by atoms with E-state index in [1.54, 1.807) is 62.3 Å². The fourth-order valence-corrected chi connectivity index (χ4v) is 6.27. The minimum absolute atomic E-state index is 0. The quantitative estimate of drug-likeness (QED) is 0.0166. The van der Waals surface area contributed by atoms with E-state index in [9.17, 15) is 15.3 Å². The van der Waals surface area contributed by atoms with Crippen LogP contribution in [0.3, 0.4) is 0 Å². The van der Waals surface area contributed by atoms with Gasteiger partial charge in [0.1, 0.15) is 0 Å². The average molecular weight is 1910 g/mol. The molecule has 0 aromatic rings. The van der Waals surface area contributed by atoms with E-state index in [1.165, 1.54) is 0 Å². The molecule has 510 valence electrons. The van der Waals surface area contributed by atoms with Crippen LogP contribution in [0.2, 0.25) is 0 Å². The molecule has 0 aliphatic carbocycles. The van der Waals surface area contributed by atoms with Gasteiger partial charge in [-0.1, -0.05) is 238 Å². The topological polar surface area (TPSA) is 251 Å². The Kier molecular flexibility index (Phi) is 174. The van der Waals surface area contributed by atoms with Crippen molar-refractivity contribution in [2.45, 2.75) is 248 Å². The smallest absolute Gasteiger partial charge is 0.850 e. The number of halogens is 9. The summed E-state index contributed by atoms with van der Waals surface area (Å²) in [5.41, 5.74) is -2.25. The van der Waals surface area contributed by atoms with Gasteiger partial charge in [-0.25, -0.2) is 0 Å². The minimum Gasteiger partial charge on any atom is -0.850 e. The van der Waals surface area contributed by atoms with Crippen molar-refractivity contribution < 1.29 is 215 Å². The fourth-order valence-electron chi connectivity index (χ4n) is 3.49. The molecule has 0 heterocycles. The summed E-state index contributed by atoms with van der Waals surface area (Å²) in [6.45, 7) is 28.1. The molecule has 0 fully saturated rings. The predicted molar refractivity (Wildman–Crippen MR) is 394 cm³/mol. The first-order valence-electron chi connectivity index (χ1n) is 28.5. The molecule has 0 radical (unpaired) electrons. The monoisotopic (exact) mass is 1900 g/mol. The number of unbranched alkanes of at least 4 members (excludes halogenated alkanes) is 9. The number of allylic oxidation sites excluding steroid dienone is 3. The second-order valence-electron chi connectivity index (χ2n) is 20.4. The predicted octanol–water partition coefficient (Wildman–Crippen LogP) is 5.72. The number of aliphatic hydroxyl groups excluding tert-OH is 9.